The number of carbonyl (C=O) groups excluding carboxylic acids is 3. The van der Waals surface area contributed by atoms with Gasteiger partial charge in [0.1, 0.15) is 0 Å². The first-order chi connectivity index (χ1) is 11.9. The molecule has 0 radical (unpaired) electrons. The molecule has 0 aliphatic carbocycles. The second kappa shape index (κ2) is 8.10. The molecular weight excluding hydrogens is 318 g/mol. The van der Waals surface area contributed by atoms with Gasteiger partial charge in [0.15, 0.2) is 0 Å². The SMILES string of the molecule is CC(C)N(Cc1ccccc1)C(=O)C(=O)NC(=O)c1ccc(N)cc1. The normalized spacial score (nSPS) is 10.4. The summed E-state index contributed by atoms with van der Waals surface area (Å²) in [5, 5.41) is 2.13. The number of amides is 3. The minimum Gasteiger partial charge on any atom is -0.399 e. The van der Waals surface area contributed by atoms with Crippen LogP contribution in [0.4, 0.5) is 5.69 Å². The fraction of sp³-hybridized carbons (Fsp3) is 0.211. The minimum atomic E-state index is -0.952. The first-order valence-corrected chi connectivity index (χ1v) is 7.94. The van der Waals surface area contributed by atoms with Gasteiger partial charge in [-0.05, 0) is 43.7 Å². The summed E-state index contributed by atoms with van der Waals surface area (Å²) in [6, 6.07) is 15.3. The third-order valence-corrected chi connectivity index (χ3v) is 3.67. The molecule has 25 heavy (non-hydrogen) atoms. The Bertz CT molecular complexity index is 755. The largest absolute Gasteiger partial charge is 0.399 e. The number of nitrogens with one attached hydrogen (secondary N) is 1. The van der Waals surface area contributed by atoms with Crippen LogP contribution >= 0.6 is 0 Å². The Labute approximate surface area is 146 Å². The summed E-state index contributed by atoms with van der Waals surface area (Å²) in [5.41, 5.74) is 7.23. The molecule has 0 aliphatic heterocycles. The summed E-state index contributed by atoms with van der Waals surface area (Å²) in [7, 11) is 0. The summed E-state index contributed by atoms with van der Waals surface area (Å²) in [5.74, 6) is -2.34. The lowest BCUT2D eigenvalue weighted by Crippen LogP contribution is -2.47. The van der Waals surface area contributed by atoms with Gasteiger partial charge in [0, 0.05) is 23.8 Å². The van der Waals surface area contributed by atoms with E-state index in [4.69, 9.17) is 5.73 Å². The van der Waals surface area contributed by atoms with Gasteiger partial charge in [-0.25, -0.2) is 0 Å². The van der Waals surface area contributed by atoms with E-state index in [9.17, 15) is 14.4 Å². The van der Waals surface area contributed by atoms with Crippen molar-refractivity contribution in [1.29, 1.82) is 0 Å². The number of nitrogens with two attached hydrogens (primary N) is 1. The number of anilines is 1. The molecule has 2 aromatic carbocycles. The number of carbonyl (C=O) groups is 3. The van der Waals surface area contributed by atoms with E-state index in [0.29, 0.717) is 12.2 Å². The molecule has 0 unspecified atom stereocenters. The minimum absolute atomic E-state index is 0.190. The zero-order valence-electron chi connectivity index (χ0n) is 14.2. The van der Waals surface area contributed by atoms with Crippen molar-refractivity contribution in [3.8, 4) is 0 Å². The Hall–Kier alpha value is -3.15. The molecule has 0 aromatic heterocycles. The standard InChI is InChI=1S/C19H21N3O3/c1-13(2)22(12-14-6-4-3-5-7-14)19(25)18(24)21-17(23)15-8-10-16(20)11-9-15/h3-11,13H,12,20H2,1-2H3,(H,21,23,24). The molecule has 130 valence electrons. The zero-order chi connectivity index (χ0) is 18.4. The van der Waals surface area contributed by atoms with Gasteiger partial charge in [-0.15, -0.1) is 0 Å². The van der Waals surface area contributed by atoms with Crippen LogP contribution in [0.3, 0.4) is 0 Å². The van der Waals surface area contributed by atoms with Crippen molar-refractivity contribution in [1.82, 2.24) is 10.2 Å². The van der Waals surface area contributed by atoms with Crippen LogP contribution in [0.15, 0.2) is 54.6 Å². The molecule has 0 heterocycles. The molecule has 0 saturated carbocycles. The van der Waals surface area contributed by atoms with Gasteiger partial charge in [0.2, 0.25) is 0 Å². The Morgan fingerprint density at radius 3 is 2.16 bits per heavy atom. The van der Waals surface area contributed by atoms with Crippen molar-refractivity contribution >= 4 is 23.4 Å². The van der Waals surface area contributed by atoms with E-state index in [2.05, 4.69) is 5.32 Å². The lowest BCUT2D eigenvalue weighted by Gasteiger charge is -2.26. The van der Waals surface area contributed by atoms with Crippen LogP contribution in [-0.2, 0) is 16.1 Å². The number of hydrogen-bond acceptors (Lipinski definition) is 4. The molecular formula is C19H21N3O3. The average Bonchev–Trinajstić information content (AvgIpc) is 2.60. The Kier molecular flexibility index (Phi) is 5.89. The average molecular weight is 339 g/mol. The van der Waals surface area contributed by atoms with Gasteiger partial charge < -0.3 is 10.6 Å². The second-order valence-corrected chi connectivity index (χ2v) is 5.92. The number of benzene rings is 2. The van der Waals surface area contributed by atoms with E-state index >= 15 is 0 Å². The van der Waals surface area contributed by atoms with Crippen LogP contribution in [0.5, 0.6) is 0 Å². The first-order valence-electron chi connectivity index (χ1n) is 7.94. The molecule has 3 N–H and O–H groups in total. The maximum absolute atomic E-state index is 12.5. The highest BCUT2D eigenvalue weighted by Crippen LogP contribution is 2.09. The molecule has 0 fully saturated rings. The van der Waals surface area contributed by atoms with E-state index in [1.807, 2.05) is 44.2 Å². The predicted molar refractivity (Wildman–Crippen MR) is 95.5 cm³/mol. The van der Waals surface area contributed by atoms with Crippen molar-refractivity contribution in [2.75, 3.05) is 5.73 Å². The van der Waals surface area contributed by atoms with Crippen LogP contribution in [0.25, 0.3) is 0 Å². The van der Waals surface area contributed by atoms with Gasteiger partial charge in [-0.2, -0.15) is 0 Å². The maximum atomic E-state index is 12.5. The highest BCUT2D eigenvalue weighted by molar-refractivity contribution is 6.38. The van der Waals surface area contributed by atoms with Crippen molar-refractivity contribution < 1.29 is 14.4 Å². The lowest BCUT2D eigenvalue weighted by atomic mass is 10.1. The van der Waals surface area contributed by atoms with Gasteiger partial charge in [-0.1, -0.05) is 30.3 Å². The Morgan fingerprint density at radius 2 is 1.60 bits per heavy atom. The zero-order valence-corrected chi connectivity index (χ0v) is 14.2. The van der Waals surface area contributed by atoms with E-state index in [1.54, 1.807) is 12.1 Å². The first kappa shape index (κ1) is 18.2. The number of rotatable bonds is 4. The van der Waals surface area contributed by atoms with Crippen LogP contribution in [0.1, 0.15) is 29.8 Å². The van der Waals surface area contributed by atoms with Crippen molar-refractivity contribution in [3.05, 3.63) is 65.7 Å². The van der Waals surface area contributed by atoms with Crippen LogP contribution in [0, 0.1) is 0 Å². The van der Waals surface area contributed by atoms with E-state index in [0.717, 1.165) is 5.56 Å². The van der Waals surface area contributed by atoms with Gasteiger partial charge in [0.05, 0.1) is 0 Å². The predicted octanol–water partition coefficient (Wildman–Crippen LogP) is 1.96. The molecule has 2 rings (SSSR count). The fourth-order valence-corrected chi connectivity index (χ4v) is 2.26. The fourth-order valence-electron chi connectivity index (χ4n) is 2.26. The molecule has 0 spiro atoms. The molecule has 0 atom stereocenters. The third kappa shape index (κ3) is 4.91. The molecule has 2 aromatic rings. The maximum Gasteiger partial charge on any atom is 0.316 e. The third-order valence-electron chi connectivity index (χ3n) is 3.67. The monoisotopic (exact) mass is 339 g/mol. The van der Waals surface area contributed by atoms with Crippen molar-refractivity contribution in [2.45, 2.75) is 26.4 Å². The molecule has 0 saturated heterocycles. The molecule has 0 aliphatic rings. The summed E-state index contributed by atoms with van der Waals surface area (Å²) in [6.07, 6.45) is 0. The van der Waals surface area contributed by atoms with Crippen LogP contribution in [0.2, 0.25) is 0 Å². The molecule has 6 heteroatoms. The van der Waals surface area contributed by atoms with E-state index in [1.165, 1.54) is 17.0 Å². The molecule has 0 bridgehead atoms. The summed E-state index contributed by atoms with van der Waals surface area (Å²) in [4.78, 5) is 38.1. The number of nitrogens with zero attached hydrogens (tertiary/aromatic N) is 1. The summed E-state index contributed by atoms with van der Waals surface area (Å²) < 4.78 is 0. The lowest BCUT2D eigenvalue weighted by molar-refractivity contribution is -0.147. The van der Waals surface area contributed by atoms with Crippen molar-refractivity contribution in [2.24, 2.45) is 0 Å². The topological polar surface area (TPSA) is 92.5 Å². The second-order valence-electron chi connectivity index (χ2n) is 5.92. The Balaban J connectivity index is 2.06. The number of nitrogen functional groups attached to an aromatic ring is 1. The van der Waals surface area contributed by atoms with E-state index < -0.39 is 17.7 Å². The highest BCUT2D eigenvalue weighted by atomic mass is 16.2. The van der Waals surface area contributed by atoms with Gasteiger partial charge >= 0.3 is 11.8 Å². The number of imide groups is 1. The number of hydrogen-bond donors (Lipinski definition) is 2. The van der Waals surface area contributed by atoms with Crippen LogP contribution in [-0.4, -0.2) is 28.7 Å². The Morgan fingerprint density at radius 1 is 1.00 bits per heavy atom. The van der Waals surface area contributed by atoms with Gasteiger partial charge in [0.25, 0.3) is 5.91 Å². The molecule has 3 amide bonds. The molecule has 6 nitrogen and oxygen atoms in total. The van der Waals surface area contributed by atoms with Gasteiger partial charge in [-0.3, -0.25) is 19.7 Å². The summed E-state index contributed by atoms with van der Waals surface area (Å²) in [6.45, 7) is 3.92. The van der Waals surface area contributed by atoms with Crippen LogP contribution < -0.4 is 11.1 Å². The van der Waals surface area contributed by atoms with E-state index in [-0.39, 0.29) is 11.6 Å². The summed E-state index contributed by atoms with van der Waals surface area (Å²) >= 11 is 0. The smallest absolute Gasteiger partial charge is 0.316 e. The van der Waals surface area contributed by atoms with Crippen molar-refractivity contribution in [3.63, 3.8) is 0 Å². The quantitative estimate of drug-likeness (QED) is 0.658. The highest BCUT2D eigenvalue weighted by Gasteiger charge is 2.26.